The van der Waals surface area contributed by atoms with Gasteiger partial charge in [0.25, 0.3) is 0 Å². The van der Waals surface area contributed by atoms with Crippen molar-refractivity contribution in [3.8, 4) is 16.9 Å². The summed E-state index contributed by atoms with van der Waals surface area (Å²) in [5, 5.41) is 0. The summed E-state index contributed by atoms with van der Waals surface area (Å²) in [4.78, 5) is 36.8. The molecule has 0 atom stereocenters. The van der Waals surface area contributed by atoms with Gasteiger partial charge in [0, 0.05) is 28.2 Å². The number of carbonyl (C=O) groups excluding carboxylic acids is 3. The number of aryl methyl sites for hydroxylation is 3. The first kappa shape index (κ1) is 47.9. The summed E-state index contributed by atoms with van der Waals surface area (Å²) in [6.45, 7) is 21.2. The molecule has 0 spiro atoms. The van der Waals surface area contributed by atoms with Crippen LogP contribution in [0.1, 0.15) is 127 Å². The first-order valence-corrected chi connectivity index (χ1v) is 22.2. The maximum atomic E-state index is 12.4. The molecule has 2 aromatic carbocycles. The van der Waals surface area contributed by atoms with Crippen molar-refractivity contribution in [2.45, 2.75) is 124 Å². The Kier molecular flexibility index (Phi) is 20.6. The number of ether oxygens (including phenoxy) is 4. The monoisotopic (exact) mass is 820 g/mol. The summed E-state index contributed by atoms with van der Waals surface area (Å²) in [5.74, 6) is 1.58. The van der Waals surface area contributed by atoms with E-state index in [4.69, 9.17) is 18.9 Å². The molecule has 0 radical (unpaired) electrons. The third kappa shape index (κ3) is 15.0. The second kappa shape index (κ2) is 24.5. The molecule has 314 valence electrons. The Bertz CT molecular complexity index is 1630. The quantitative estimate of drug-likeness (QED) is 0.0339. The van der Waals surface area contributed by atoms with Gasteiger partial charge in [-0.25, -0.2) is 14.4 Å². The lowest BCUT2D eigenvalue weighted by molar-refractivity contribution is -0.142. The van der Waals surface area contributed by atoms with E-state index in [2.05, 4.69) is 89.2 Å². The third-order valence-corrected chi connectivity index (χ3v) is 12.3. The smallest absolute Gasteiger partial charge is 0.333 e. The van der Waals surface area contributed by atoms with E-state index in [0.717, 1.165) is 29.0 Å². The van der Waals surface area contributed by atoms with Crippen LogP contribution in [0.4, 0.5) is 0 Å². The highest BCUT2D eigenvalue weighted by Crippen LogP contribution is 2.41. The molecule has 0 aliphatic heterocycles. The van der Waals surface area contributed by atoms with Gasteiger partial charge >= 0.3 is 17.9 Å². The largest absolute Gasteiger partial charge is 0.492 e. The molecule has 7 nitrogen and oxygen atoms in total. The Labute approximate surface area is 354 Å². The van der Waals surface area contributed by atoms with Gasteiger partial charge in [0.1, 0.15) is 12.4 Å². The molecule has 57 heavy (non-hydrogen) atoms. The van der Waals surface area contributed by atoms with Crippen molar-refractivity contribution >= 4 is 43.2 Å². The molecule has 1 aliphatic rings. The average molecular weight is 821 g/mol. The topological polar surface area (TPSA) is 88.1 Å². The minimum Gasteiger partial charge on any atom is -0.492 e. The lowest BCUT2D eigenvalue weighted by atomic mass is 9.76. The molecule has 0 aromatic heterocycles. The van der Waals surface area contributed by atoms with Crippen molar-refractivity contribution in [3.05, 3.63) is 89.0 Å². The van der Waals surface area contributed by atoms with Gasteiger partial charge in [0.15, 0.2) is 0 Å². The lowest BCUT2D eigenvalue weighted by Crippen LogP contribution is -2.38. The third-order valence-electron chi connectivity index (χ3n) is 11.0. The fraction of sp³-hybridized carbons (Fsp3) is 0.562. The normalized spacial score (nSPS) is 15.4. The van der Waals surface area contributed by atoms with Gasteiger partial charge < -0.3 is 18.9 Å². The van der Waals surface area contributed by atoms with Gasteiger partial charge in [0.05, 0.1) is 25.2 Å². The molecule has 0 saturated heterocycles. The zero-order chi connectivity index (χ0) is 42.0. The van der Waals surface area contributed by atoms with E-state index < -0.39 is 23.3 Å². The van der Waals surface area contributed by atoms with E-state index in [1.165, 1.54) is 68.1 Å². The highest BCUT2D eigenvalue weighted by Gasteiger charge is 2.32. The number of unbranched alkanes of at least 4 members (excludes halogenated alkanes) is 2. The van der Waals surface area contributed by atoms with Crippen molar-refractivity contribution in [2.24, 2.45) is 11.3 Å². The molecule has 9 heteroatoms. The molecule has 0 N–H and O–H groups in total. The molecular weight excluding hydrogens is 753 g/mol. The predicted molar refractivity (Wildman–Crippen MR) is 240 cm³/mol. The summed E-state index contributed by atoms with van der Waals surface area (Å²) in [5.41, 5.74) is 7.27. The Hall–Kier alpha value is -3.43. The molecule has 0 unspecified atom stereocenters. The predicted octanol–water partition coefficient (Wildman–Crippen LogP) is 11.2. The van der Waals surface area contributed by atoms with Gasteiger partial charge in [0.2, 0.25) is 0 Å². The standard InChI is InChI=1S/C48H68O7S2/c1-9-11-12-15-36-18-20-38(21-19-36)39-22-23-43(37(10-2)26-39)42-27-40(16-13-24-52-45(49)33(3)4)44(41(28-42)17-14-25-53-46(50)34(5)6)54-29-48(31-56,32-57)30-55-47(51)35(7)8/h22-23,26-28,36,38,56-57H,3,5,7,9-21,24-25,29-32H2,1-2,4,6,8H3. The molecule has 0 amide bonds. The minimum absolute atomic E-state index is 0.0644. The molecule has 1 saturated carbocycles. The van der Waals surface area contributed by atoms with Crippen molar-refractivity contribution in [3.63, 3.8) is 0 Å². The van der Waals surface area contributed by atoms with E-state index in [1.54, 1.807) is 20.8 Å². The molecule has 1 aliphatic carbocycles. The number of rotatable bonds is 25. The summed E-state index contributed by atoms with van der Waals surface area (Å²) in [7, 11) is 0. The zero-order valence-electron chi connectivity index (χ0n) is 35.3. The second-order valence-electron chi connectivity index (χ2n) is 16.1. The van der Waals surface area contributed by atoms with Gasteiger partial charge in [-0.2, -0.15) is 25.3 Å². The van der Waals surface area contributed by atoms with E-state index in [0.29, 0.717) is 65.6 Å². The fourth-order valence-electron chi connectivity index (χ4n) is 7.32. The van der Waals surface area contributed by atoms with Crippen LogP contribution in [0.25, 0.3) is 11.1 Å². The van der Waals surface area contributed by atoms with Crippen LogP contribution in [0.3, 0.4) is 0 Å². The first-order chi connectivity index (χ1) is 27.3. The zero-order valence-corrected chi connectivity index (χ0v) is 37.1. The number of hydrogen-bond acceptors (Lipinski definition) is 9. The van der Waals surface area contributed by atoms with Crippen LogP contribution < -0.4 is 4.74 Å². The second-order valence-corrected chi connectivity index (χ2v) is 16.7. The maximum Gasteiger partial charge on any atom is 0.333 e. The van der Waals surface area contributed by atoms with Crippen LogP contribution in [0.5, 0.6) is 5.75 Å². The number of benzene rings is 2. The molecule has 0 bridgehead atoms. The van der Waals surface area contributed by atoms with E-state index in [9.17, 15) is 14.4 Å². The highest BCUT2D eigenvalue weighted by molar-refractivity contribution is 7.81. The summed E-state index contributed by atoms with van der Waals surface area (Å²) >= 11 is 9.29. The molecule has 1 fully saturated rings. The van der Waals surface area contributed by atoms with Crippen molar-refractivity contribution in [1.82, 2.24) is 0 Å². The highest BCUT2D eigenvalue weighted by atomic mass is 32.1. The number of thiol groups is 2. The minimum atomic E-state index is -0.682. The van der Waals surface area contributed by atoms with E-state index in [1.807, 2.05) is 0 Å². The summed E-state index contributed by atoms with van der Waals surface area (Å²) in [6, 6.07) is 11.4. The molecule has 2 aromatic rings. The van der Waals surface area contributed by atoms with Gasteiger partial charge in [-0.15, -0.1) is 0 Å². The van der Waals surface area contributed by atoms with E-state index >= 15 is 0 Å². The van der Waals surface area contributed by atoms with Crippen molar-refractivity contribution in [2.75, 3.05) is 37.9 Å². The average Bonchev–Trinajstić information content (AvgIpc) is 3.21. The van der Waals surface area contributed by atoms with Gasteiger partial charge in [-0.3, -0.25) is 0 Å². The Morgan fingerprint density at radius 3 is 1.74 bits per heavy atom. The molecular formula is C48H68O7S2. The molecule has 3 rings (SSSR count). The van der Waals surface area contributed by atoms with Crippen LogP contribution in [0.2, 0.25) is 0 Å². The Morgan fingerprint density at radius 1 is 0.702 bits per heavy atom. The van der Waals surface area contributed by atoms with Crippen LogP contribution in [-0.4, -0.2) is 55.8 Å². The van der Waals surface area contributed by atoms with Crippen LogP contribution in [-0.2, 0) is 47.9 Å². The van der Waals surface area contributed by atoms with Crippen LogP contribution in [0, 0.1) is 11.3 Å². The van der Waals surface area contributed by atoms with Gasteiger partial charge in [-0.1, -0.05) is 77.5 Å². The maximum absolute atomic E-state index is 12.4. The van der Waals surface area contributed by atoms with Crippen LogP contribution in [0.15, 0.2) is 66.8 Å². The Balaban J connectivity index is 2.04. The van der Waals surface area contributed by atoms with Crippen molar-refractivity contribution in [1.29, 1.82) is 0 Å². The first-order valence-electron chi connectivity index (χ1n) is 20.9. The SMILES string of the molecule is C=C(C)C(=O)OCCCc1cc(-c2ccc(C3CCC(CCCCC)CC3)cc2CC)cc(CCCOC(=O)C(=C)C)c1OCC(CS)(CS)COC(=O)C(=C)C. The molecule has 0 heterocycles. The Morgan fingerprint density at radius 2 is 1.25 bits per heavy atom. The lowest BCUT2D eigenvalue weighted by Gasteiger charge is -2.31. The summed E-state index contributed by atoms with van der Waals surface area (Å²) < 4.78 is 23.3. The van der Waals surface area contributed by atoms with Crippen LogP contribution >= 0.6 is 25.3 Å². The summed E-state index contributed by atoms with van der Waals surface area (Å²) in [6.07, 6.45) is 13.6. The van der Waals surface area contributed by atoms with Gasteiger partial charge in [-0.05, 0) is 136 Å². The number of esters is 3. The number of carbonyl (C=O) groups is 3. The fourth-order valence-corrected chi connectivity index (χ4v) is 8.08. The van der Waals surface area contributed by atoms with Crippen molar-refractivity contribution < 1.29 is 33.3 Å². The van der Waals surface area contributed by atoms with E-state index in [-0.39, 0.29) is 26.4 Å². The number of hydrogen-bond donors (Lipinski definition) is 2.